The highest BCUT2D eigenvalue weighted by Gasteiger charge is 2.24. The van der Waals surface area contributed by atoms with Crippen LogP contribution in [0.4, 0.5) is 5.69 Å². The van der Waals surface area contributed by atoms with Crippen molar-refractivity contribution in [2.45, 2.75) is 33.2 Å². The van der Waals surface area contributed by atoms with E-state index in [4.69, 9.17) is 4.74 Å². The number of nitrogens with zero attached hydrogens (tertiary/aromatic N) is 1. The predicted molar refractivity (Wildman–Crippen MR) is 76.8 cm³/mol. The number of carbonyl (C=O) groups excluding carboxylic acids is 1. The topological polar surface area (TPSA) is 41.6 Å². The number of nitrogens with one attached hydrogen (secondary N) is 1. The van der Waals surface area contributed by atoms with Crippen molar-refractivity contribution in [3.05, 3.63) is 23.8 Å². The Morgan fingerprint density at radius 2 is 2.21 bits per heavy atom. The minimum absolute atomic E-state index is 0.0347. The highest BCUT2D eigenvalue weighted by Crippen LogP contribution is 2.32. The maximum atomic E-state index is 11.8. The average molecular weight is 262 g/mol. The molecule has 0 aliphatic carbocycles. The van der Waals surface area contributed by atoms with Gasteiger partial charge in [-0.3, -0.25) is 4.79 Å². The van der Waals surface area contributed by atoms with Crippen LogP contribution in [0.25, 0.3) is 0 Å². The Morgan fingerprint density at radius 3 is 2.89 bits per heavy atom. The Balaban J connectivity index is 2.12. The molecule has 1 amide bonds. The fourth-order valence-electron chi connectivity index (χ4n) is 2.26. The third kappa shape index (κ3) is 3.26. The van der Waals surface area contributed by atoms with Crippen LogP contribution < -0.4 is 15.0 Å². The molecular weight excluding hydrogens is 240 g/mol. The fourth-order valence-corrected chi connectivity index (χ4v) is 2.26. The molecule has 4 heteroatoms. The Hall–Kier alpha value is -1.55. The Labute approximate surface area is 114 Å². The quantitative estimate of drug-likeness (QED) is 0.882. The van der Waals surface area contributed by atoms with Crippen LogP contribution in [0.5, 0.6) is 5.75 Å². The summed E-state index contributed by atoms with van der Waals surface area (Å²) < 4.78 is 5.46. The van der Waals surface area contributed by atoms with Crippen LogP contribution in [0.1, 0.15) is 26.3 Å². The molecule has 1 aromatic carbocycles. The van der Waals surface area contributed by atoms with Gasteiger partial charge in [-0.2, -0.15) is 0 Å². The van der Waals surface area contributed by atoms with Crippen LogP contribution in [-0.4, -0.2) is 31.6 Å². The van der Waals surface area contributed by atoms with E-state index in [0.717, 1.165) is 24.4 Å². The summed E-state index contributed by atoms with van der Waals surface area (Å²) in [6, 6.07) is 6.60. The molecule has 0 spiro atoms. The molecule has 1 aliphatic heterocycles. The molecule has 0 saturated carbocycles. The standard InChI is InChI=1S/C15H22N2O2/c1-4-17-13-9-12(7-8-16-11(2)3)5-6-14(13)19-10-15(17)18/h5-6,9,11,16H,4,7-8,10H2,1-3H3. The van der Waals surface area contributed by atoms with Crippen LogP contribution in [-0.2, 0) is 11.2 Å². The number of fused-ring (bicyclic) bond motifs is 1. The van der Waals surface area contributed by atoms with Gasteiger partial charge < -0.3 is 15.0 Å². The van der Waals surface area contributed by atoms with Gasteiger partial charge >= 0.3 is 0 Å². The van der Waals surface area contributed by atoms with E-state index in [1.54, 1.807) is 4.90 Å². The Kier molecular flexibility index (Phi) is 4.43. The van der Waals surface area contributed by atoms with Crippen LogP contribution in [0.3, 0.4) is 0 Å². The summed E-state index contributed by atoms with van der Waals surface area (Å²) in [5.74, 6) is 0.842. The van der Waals surface area contributed by atoms with Crippen LogP contribution in [0.2, 0.25) is 0 Å². The molecule has 0 saturated heterocycles. The van der Waals surface area contributed by atoms with E-state index in [2.05, 4.69) is 31.3 Å². The molecule has 0 bridgehead atoms. The van der Waals surface area contributed by atoms with Crippen molar-refractivity contribution >= 4 is 11.6 Å². The summed E-state index contributed by atoms with van der Waals surface area (Å²) >= 11 is 0. The smallest absolute Gasteiger partial charge is 0.265 e. The average Bonchev–Trinajstić information content (AvgIpc) is 2.38. The van der Waals surface area contributed by atoms with Gasteiger partial charge in [0.15, 0.2) is 6.61 Å². The lowest BCUT2D eigenvalue weighted by Crippen LogP contribution is -2.38. The van der Waals surface area contributed by atoms with E-state index in [1.807, 2.05) is 13.0 Å². The molecule has 1 aromatic rings. The van der Waals surface area contributed by atoms with Gasteiger partial charge in [-0.25, -0.2) is 0 Å². The van der Waals surface area contributed by atoms with Crippen LogP contribution in [0, 0.1) is 0 Å². The second-order valence-electron chi connectivity index (χ2n) is 5.09. The van der Waals surface area contributed by atoms with Gasteiger partial charge in [0.25, 0.3) is 5.91 Å². The van der Waals surface area contributed by atoms with Gasteiger partial charge in [0, 0.05) is 12.6 Å². The summed E-state index contributed by atoms with van der Waals surface area (Å²) in [7, 11) is 0. The van der Waals surface area contributed by atoms with Crippen molar-refractivity contribution in [3.63, 3.8) is 0 Å². The highest BCUT2D eigenvalue weighted by atomic mass is 16.5. The summed E-state index contributed by atoms with van der Waals surface area (Å²) in [5.41, 5.74) is 2.13. The first kappa shape index (κ1) is 13.9. The minimum Gasteiger partial charge on any atom is -0.482 e. The van der Waals surface area contributed by atoms with Gasteiger partial charge in [0.1, 0.15) is 5.75 Å². The summed E-state index contributed by atoms with van der Waals surface area (Å²) in [6.45, 7) is 8.03. The molecule has 0 unspecified atom stereocenters. The fraction of sp³-hybridized carbons (Fsp3) is 0.533. The molecule has 19 heavy (non-hydrogen) atoms. The van der Waals surface area contributed by atoms with Gasteiger partial charge in [-0.1, -0.05) is 19.9 Å². The zero-order valence-corrected chi connectivity index (χ0v) is 11.9. The number of ether oxygens (including phenoxy) is 1. The molecule has 0 radical (unpaired) electrons. The first-order valence-corrected chi connectivity index (χ1v) is 6.91. The normalized spacial score (nSPS) is 14.5. The van der Waals surface area contributed by atoms with E-state index in [9.17, 15) is 4.79 Å². The Morgan fingerprint density at radius 1 is 1.42 bits per heavy atom. The lowest BCUT2D eigenvalue weighted by molar-refractivity contribution is -0.121. The highest BCUT2D eigenvalue weighted by molar-refractivity contribution is 5.97. The van der Waals surface area contributed by atoms with Gasteiger partial charge in [0.05, 0.1) is 5.69 Å². The molecule has 2 rings (SSSR count). The Bertz CT molecular complexity index is 457. The molecular formula is C15H22N2O2. The number of benzene rings is 1. The van der Waals surface area contributed by atoms with Crippen molar-refractivity contribution in [3.8, 4) is 5.75 Å². The number of rotatable bonds is 5. The summed E-state index contributed by atoms with van der Waals surface area (Å²) in [4.78, 5) is 13.6. The first-order chi connectivity index (χ1) is 9.11. The number of hydrogen-bond acceptors (Lipinski definition) is 3. The second-order valence-corrected chi connectivity index (χ2v) is 5.09. The van der Waals surface area contributed by atoms with E-state index >= 15 is 0 Å². The monoisotopic (exact) mass is 262 g/mol. The molecule has 4 nitrogen and oxygen atoms in total. The van der Waals surface area contributed by atoms with Crippen molar-refractivity contribution in [1.29, 1.82) is 0 Å². The van der Waals surface area contributed by atoms with Gasteiger partial charge in [-0.05, 0) is 37.6 Å². The number of hydrogen-bond donors (Lipinski definition) is 1. The van der Waals surface area contributed by atoms with Crippen LogP contribution >= 0.6 is 0 Å². The molecule has 0 fully saturated rings. The number of likely N-dealkylation sites (N-methyl/N-ethyl adjacent to an activating group) is 1. The lowest BCUT2D eigenvalue weighted by Gasteiger charge is -2.28. The van der Waals surface area contributed by atoms with E-state index in [-0.39, 0.29) is 12.5 Å². The lowest BCUT2D eigenvalue weighted by atomic mass is 10.1. The number of anilines is 1. The van der Waals surface area contributed by atoms with Gasteiger partial charge in [0.2, 0.25) is 0 Å². The number of carbonyl (C=O) groups is 1. The molecule has 1 heterocycles. The van der Waals surface area contributed by atoms with Crippen molar-refractivity contribution in [1.82, 2.24) is 5.32 Å². The van der Waals surface area contributed by atoms with E-state index < -0.39 is 0 Å². The maximum Gasteiger partial charge on any atom is 0.265 e. The molecule has 104 valence electrons. The third-order valence-electron chi connectivity index (χ3n) is 3.25. The molecule has 0 atom stereocenters. The van der Waals surface area contributed by atoms with Crippen molar-refractivity contribution in [2.75, 3.05) is 24.6 Å². The first-order valence-electron chi connectivity index (χ1n) is 6.91. The molecule has 1 aliphatic rings. The van der Waals surface area contributed by atoms with E-state index in [1.165, 1.54) is 5.56 Å². The minimum atomic E-state index is 0.0347. The van der Waals surface area contributed by atoms with Crippen molar-refractivity contribution in [2.24, 2.45) is 0 Å². The number of amides is 1. The largest absolute Gasteiger partial charge is 0.482 e. The van der Waals surface area contributed by atoms with Crippen LogP contribution in [0.15, 0.2) is 18.2 Å². The van der Waals surface area contributed by atoms with Gasteiger partial charge in [-0.15, -0.1) is 0 Å². The zero-order valence-electron chi connectivity index (χ0n) is 11.9. The molecule has 1 N–H and O–H groups in total. The summed E-state index contributed by atoms with van der Waals surface area (Å²) in [5, 5.41) is 3.40. The third-order valence-corrected chi connectivity index (χ3v) is 3.25. The summed E-state index contributed by atoms with van der Waals surface area (Å²) in [6.07, 6.45) is 0.956. The zero-order chi connectivity index (χ0) is 13.8. The molecule has 0 aromatic heterocycles. The SMILES string of the molecule is CCN1C(=O)COc2ccc(CCNC(C)C)cc21. The predicted octanol–water partition coefficient (Wildman–Crippen LogP) is 1.97. The maximum absolute atomic E-state index is 11.8. The van der Waals surface area contributed by atoms with E-state index in [0.29, 0.717) is 12.6 Å². The van der Waals surface area contributed by atoms with Crippen molar-refractivity contribution < 1.29 is 9.53 Å². The second kappa shape index (κ2) is 6.06.